The number of nitrogens with two attached hydrogens (primary N) is 1. The summed E-state index contributed by atoms with van der Waals surface area (Å²) in [5.41, 5.74) is 9.27. The van der Waals surface area contributed by atoms with Gasteiger partial charge in [0.1, 0.15) is 0 Å². The predicted octanol–water partition coefficient (Wildman–Crippen LogP) is 2.11. The monoisotopic (exact) mass is 380 g/mol. The second-order valence-electron chi connectivity index (χ2n) is 6.10. The molecular formula is C18H28N4O5. The molecule has 0 saturated heterocycles. The van der Waals surface area contributed by atoms with Gasteiger partial charge < -0.3 is 15.6 Å². The third-order valence-corrected chi connectivity index (χ3v) is 3.80. The number of amides is 4. The van der Waals surface area contributed by atoms with Gasteiger partial charge >= 0.3 is 12.1 Å². The molecule has 0 aromatic heterocycles. The number of imide groups is 1. The molecule has 0 bridgehead atoms. The number of urea groups is 1. The minimum atomic E-state index is -0.911. The first kappa shape index (κ1) is 22.2. The van der Waals surface area contributed by atoms with Crippen LogP contribution >= 0.6 is 0 Å². The fourth-order valence-corrected chi connectivity index (χ4v) is 2.20. The molecule has 27 heavy (non-hydrogen) atoms. The van der Waals surface area contributed by atoms with Gasteiger partial charge in [0.25, 0.3) is 0 Å². The molecule has 1 unspecified atom stereocenters. The lowest BCUT2D eigenvalue weighted by Gasteiger charge is -2.29. The topological polar surface area (TPSA) is 134 Å². The zero-order valence-electron chi connectivity index (χ0n) is 15.7. The Labute approximate surface area is 158 Å². The fraction of sp³-hybridized carbons (Fsp3) is 0.500. The van der Waals surface area contributed by atoms with Crippen LogP contribution in [0, 0.1) is 0 Å². The summed E-state index contributed by atoms with van der Waals surface area (Å²) in [5, 5.41) is 12.4. The van der Waals surface area contributed by atoms with Gasteiger partial charge in [0, 0.05) is 6.42 Å². The number of carbonyl (C=O) groups excluding carboxylic acids is 3. The van der Waals surface area contributed by atoms with E-state index in [0.29, 0.717) is 18.7 Å². The Bertz CT molecular complexity index is 621. The summed E-state index contributed by atoms with van der Waals surface area (Å²) < 4.78 is 5.26. The highest BCUT2D eigenvalue weighted by molar-refractivity contribution is 5.93. The van der Waals surface area contributed by atoms with Crippen molar-refractivity contribution in [1.82, 2.24) is 10.3 Å². The summed E-state index contributed by atoms with van der Waals surface area (Å²) >= 11 is 0. The highest BCUT2D eigenvalue weighted by Crippen LogP contribution is 2.15. The van der Waals surface area contributed by atoms with Crippen LogP contribution in [0.3, 0.4) is 0 Å². The minimum Gasteiger partial charge on any atom is -0.448 e. The first-order valence-electron chi connectivity index (χ1n) is 8.89. The SMILES string of the molecule is CCCCOC(=O)N(Nc1ccc(CO)cc1)C(C)CCC(=O)NC(N)=O. The number of rotatable bonds is 10. The molecule has 9 heteroatoms. The maximum Gasteiger partial charge on any atom is 0.428 e. The van der Waals surface area contributed by atoms with Crippen molar-refractivity contribution in [2.24, 2.45) is 5.73 Å². The summed E-state index contributed by atoms with van der Waals surface area (Å²) in [6.07, 6.45) is 1.40. The molecular weight excluding hydrogens is 352 g/mol. The van der Waals surface area contributed by atoms with Gasteiger partial charge in [0.05, 0.1) is 24.9 Å². The van der Waals surface area contributed by atoms with Crippen LogP contribution in [0.1, 0.15) is 45.1 Å². The number of aliphatic hydroxyl groups is 1. The summed E-state index contributed by atoms with van der Waals surface area (Å²) in [7, 11) is 0. The molecule has 9 nitrogen and oxygen atoms in total. The lowest BCUT2D eigenvalue weighted by molar-refractivity contribution is -0.120. The maximum absolute atomic E-state index is 12.4. The lowest BCUT2D eigenvalue weighted by atomic mass is 10.1. The van der Waals surface area contributed by atoms with Crippen molar-refractivity contribution in [2.75, 3.05) is 12.0 Å². The van der Waals surface area contributed by atoms with E-state index >= 15 is 0 Å². The van der Waals surface area contributed by atoms with Gasteiger partial charge in [0.15, 0.2) is 0 Å². The van der Waals surface area contributed by atoms with Crippen LogP contribution in [-0.2, 0) is 16.1 Å². The fourth-order valence-electron chi connectivity index (χ4n) is 2.20. The molecule has 0 heterocycles. The average molecular weight is 380 g/mol. The molecule has 0 saturated carbocycles. The van der Waals surface area contributed by atoms with E-state index in [1.54, 1.807) is 31.2 Å². The molecule has 0 radical (unpaired) electrons. The Hall–Kier alpha value is -2.81. The number of anilines is 1. The number of ether oxygens (including phenoxy) is 1. The first-order chi connectivity index (χ1) is 12.9. The van der Waals surface area contributed by atoms with Crippen molar-refractivity contribution in [3.05, 3.63) is 29.8 Å². The molecule has 1 aromatic rings. The van der Waals surface area contributed by atoms with E-state index in [4.69, 9.17) is 15.6 Å². The van der Waals surface area contributed by atoms with Crippen LogP contribution in [0.15, 0.2) is 24.3 Å². The van der Waals surface area contributed by atoms with Gasteiger partial charge in [-0.05, 0) is 37.5 Å². The number of aliphatic hydroxyl groups excluding tert-OH is 1. The van der Waals surface area contributed by atoms with Crippen molar-refractivity contribution in [1.29, 1.82) is 0 Å². The Morgan fingerprint density at radius 1 is 1.26 bits per heavy atom. The second-order valence-corrected chi connectivity index (χ2v) is 6.10. The molecule has 150 valence electrons. The smallest absolute Gasteiger partial charge is 0.428 e. The molecule has 0 aliphatic rings. The standard InChI is InChI=1S/C18H28N4O5/c1-3-4-11-27-18(26)22(13(2)5-10-16(24)20-17(19)25)21-15-8-6-14(12-23)7-9-15/h6-9,13,21,23H,3-5,10-12H2,1-2H3,(H3,19,20,24,25). The Morgan fingerprint density at radius 2 is 1.93 bits per heavy atom. The van der Waals surface area contributed by atoms with Gasteiger partial charge in [-0.3, -0.25) is 15.5 Å². The highest BCUT2D eigenvalue weighted by atomic mass is 16.6. The van der Waals surface area contributed by atoms with E-state index < -0.39 is 24.1 Å². The van der Waals surface area contributed by atoms with Crippen molar-refractivity contribution in [2.45, 2.75) is 52.2 Å². The second kappa shape index (κ2) is 11.7. The number of hydrazine groups is 1. The Balaban J connectivity index is 2.77. The number of nitrogens with zero attached hydrogens (tertiary/aromatic N) is 1. The van der Waals surface area contributed by atoms with Crippen LogP contribution < -0.4 is 16.5 Å². The van der Waals surface area contributed by atoms with Crippen molar-refractivity contribution >= 4 is 23.7 Å². The summed E-state index contributed by atoms with van der Waals surface area (Å²) in [5.74, 6) is -0.513. The van der Waals surface area contributed by atoms with E-state index in [1.807, 2.05) is 12.2 Å². The summed E-state index contributed by atoms with van der Waals surface area (Å²) in [6, 6.07) is 5.61. The molecule has 1 rings (SSSR count). The molecule has 0 aliphatic carbocycles. The van der Waals surface area contributed by atoms with Crippen molar-refractivity contribution in [3.63, 3.8) is 0 Å². The van der Waals surface area contributed by atoms with E-state index in [2.05, 4.69) is 5.43 Å². The molecule has 4 amide bonds. The predicted molar refractivity (Wildman–Crippen MR) is 101 cm³/mol. The zero-order chi connectivity index (χ0) is 20.2. The number of hydrogen-bond donors (Lipinski definition) is 4. The Kier molecular flexibility index (Phi) is 9.66. The van der Waals surface area contributed by atoms with Gasteiger partial charge in [-0.2, -0.15) is 0 Å². The normalized spacial score (nSPS) is 11.4. The van der Waals surface area contributed by atoms with E-state index in [1.165, 1.54) is 5.01 Å². The number of primary amides is 1. The average Bonchev–Trinajstić information content (AvgIpc) is 2.64. The van der Waals surface area contributed by atoms with Crippen LogP contribution in [0.5, 0.6) is 0 Å². The molecule has 5 N–H and O–H groups in total. The van der Waals surface area contributed by atoms with Crippen LogP contribution in [-0.4, -0.2) is 40.8 Å². The minimum absolute atomic E-state index is 0.0218. The van der Waals surface area contributed by atoms with Gasteiger partial charge in [0.2, 0.25) is 5.91 Å². The third kappa shape index (κ3) is 8.41. The van der Waals surface area contributed by atoms with Crippen LogP contribution in [0.2, 0.25) is 0 Å². The number of hydrogen-bond acceptors (Lipinski definition) is 6. The Morgan fingerprint density at radius 3 is 2.48 bits per heavy atom. The molecule has 1 atom stereocenters. The molecule has 1 aromatic carbocycles. The third-order valence-electron chi connectivity index (χ3n) is 3.80. The summed E-state index contributed by atoms with van der Waals surface area (Å²) in [6.45, 7) is 3.97. The van der Waals surface area contributed by atoms with Crippen LogP contribution in [0.4, 0.5) is 15.3 Å². The van der Waals surface area contributed by atoms with Crippen molar-refractivity contribution < 1.29 is 24.2 Å². The zero-order valence-corrected chi connectivity index (χ0v) is 15.7. The largest absolute Gasteiger partial charge is 0.448 e. The molecule has 0 spiro atoms. The number of carbonyl (C=O) groups is 3. The maximum atomic E-state index is 12.4. The van der Waals surface area contributed by atoms with Crippen LogP contribution in [0.25, 0.3) is 0 Å². The summed E-state index contributed by atoms with van der Waals surface area (Å²) in [4.78, 5) is 34.7. The van der Waals surface area contributed by atoms with E-state index in [-0.39, 0.29) is 13.0 Å². The number of nitrogens with one attached hydrogen (secondary N) is 2. The lowest BCUT2D eigenvalue weighted by Crippen LogP contribution is -2.44. The van der Waals surface area contributed by atoms with Gasteiger partial charge in [-0.25, -0.2) is 14.6 Å². The van der Waals surface area contributed by atoms with E-state index in [9.17, 15) is 14.4 Å². The van der Waals surface area contributed by atoms with Gasteiger partial charge in [-0.15, -0.1) is 0 Å². The molecule has 0 aliphatic heterocycles. The van der Waals surface area contributed by atoms with E-state index in [0.717, 1.165) is 18.4 Å². The first-order valence-corrected chi connectivity index (χ1v) is 8.89. The quantitative estimate of drug-likeness (QED) is 0.363. The highest BCUT2D eigenvalue weighted by Gasteiger charge is 2.23. The number of unbranched alkanes of at least 4 members (excludes halogenated alkanes) is 1. The molecule has 0 fully saturated rings. The van der Waals surface area contributed by atoms with Gasteiger partial charge in [-0.1, -0.05) is 25.5 Å². The number of benzene rings is 1. The van der Waals surface area contributed by atoms with Crippen molar-refractivity contribution in [3.8, 4) is 0 Å².